The maximum Gasteiger partial charge on any atom is 0.257 e. The Bertz CT molecular complexity index is 759. The molecule has 1 fully saturated rings. The van der Waals surface area contributed by atoms with Gasteiger partial charge >= 0.3 is 0 Å². The lowest BCUT2D eigenvalue weighted by Gasteiger charge is -2.01. The van der Waals surface area contributed by atoms with Gasteiger partial charge in [-0.3, -0.25) is 0 Å². The van der Waals surface area contributed by atoms with Crippen molar-refractivity contribution in [3.8, 4) is 11.5 Å². The van der Waals surface area contributed by atoms with Crippen molar-refractivity contribution in [3.05, 3.63) is 41.9 Å². The molecule has 0 bridgehead atoms. The van der Waals surface area contributed by atoms with Gasteiger partial charge in [0, 0.05) is 11.5 Å². The summed E-state index contributed by atoms with van der Waals surface area (Å²) in [6.07, 6.45) is 2.28. The topological polar surface area (TPSA) is 95.7 Å². The van der Waals surface area contributed by atoms with Crippen LogP contribution in [0.5, 0.6) is 0 Å². The summed E-state index contributed by atoms with van der Waals surface area (Å²) in [6.45, 7) is 0.423. The van der Waals surface area contributed by atoms with E-state index in [0.29, 0.717) is 30.0 Å². The smallest absolute Gasteiger partial charge is 0.257 e. The number of nitrogen functional groups attached to an aromatic ring is 1. The average Bonchev–Trinajstić information content (AvgIpc) is 3.12. The molecule has 21 heavy (non-hydrogen) atoms. The SMILES string of the molecule is Nc1nnn(Cc2noc(-c3ccccc3)n2)c1C1CC1. The number of hydrogen-bond donors (Lipinski definition) is 1. The van der Waals surface area contributed by atoms with Gasteiger partial charge in [-0.05, 0) is 25.0 Å². The molecule has 3 aromatic rings. The van der Waals surface area contributed by atoms with Gasteiger partial charge in [0.05, 0.1) is 5.69 Å². The maximum absolute atomic E-state index is 5.87. The van der Waals surface area contributed by atoms with Crippen molar-refractivity contribution in [2.24, 2.45) is 0 Å². The minimum atomic E-state index is 0.423. The van der Waals surface area contributed by atoms with Crippen LogP contribution < -0.4 is 5.73 Å². The van der Waals surface area contributed by atoms with Gasteiger partial charge in [-0.1, -0.05) is 28.6 Å². The fourth-order valence-electron chi connectivity index (χ4n) is 2.38. The van der Waals surface area contributed by atoms with Crippen LogP contribution in [0.4, 0.5) is 5.82 Å². The summed E-state index contributed by atoms with van der Waals surface area (Å²) in [7, 11) is 0. The highest BCUT2D eigenvalue weighted by atomic mass is 16.5. The van der Waals surface area contributed by atoms with E-state index in [1.165, 1.54) is 0 Å². The first-order valence-corrected chi connectivity index (χ1v) is 6.88. The first-order chi connectivity index (χ1) is 10.3. The fraction of sp³-hybridized carbons (Fsp3) is 0.286. The van der Waals surface area contributed by atoms with Crippen LogP contribution in [0.3, 0.4) is 0 Å². The highest BCUT2D eigenvalue weighted by Gasteiger charge is 2.31. The summed E-state index contributed by atoms with van der Waals surface area (Å²) in [6, 6.07) is 9.67. The van der Waals surface area contributed by atoms with E-state index >= 15 is 0 Å². The van der Waals surface area contributed by atoms with E-state index in [2.05, 4.69) is 20.5 Å². The molecule has 7 nitrogen and oxygen atoms in total. The lowest BCUT2D eigenvalue weighted by Crippen LogP contribution is -2.07. The number of nitrogens with zero attached hydrogens (tertiary/aromatic N) is 5. The number of aromatic nitrogens is 5. The van der Waals surface area contributed by atoms with Crippen LogP contribution in [-0.4, -0.2) is 25.1 Å². The quantitative estimate of drug-likeness (QED) is 0.784. The van der Waals surface area contributed by atoms with E-state index in [1.807, 2.05) is 30.3 Å². The lowest BCUT2D eigenvalue weighted by molar-refractivity contribution is 0.417. The first kappa shape index (κ1) is 12.1. The van der Waals surface area contributed by atoms with E-state index in [1.54, 1.807) is 4.68 Å². The highest BCUT2D eigenvalue weighted by molar-refractivity contribution is 5.52. The van der Waals surface area contributed by atoms with E-state index in [0.717, 1.165) is 24.1 Å². The molecule has 4 rings (SSSR count). The average molecular weight is 282 g/mol. The standard InChI is InChI=1S/C14H14N6O/c15-13-12(9-6-7-9)20(19-17-13)8-11-16-14(21-18-11)10-4-2-1-3-5-10/h1-5,9H,6-8,15H2. The van der Waals surface area contributed by atoms with Crippen molar-refractivity contribution in [2.45, 2.75) is 25.3 Å². The van der Waals surface area contributed by atoms with E-state index in [-0.39, 0.29) is 0 Å². The lowest BCUT2D eigenvalue weighted by atomic mass is 10.2. The van der Waals surface area contributed by atoms with Gasteiger partial charge in [-0.15, -0.1) is 5.10 Å². The monoisotopic (exact) mass is 282 g/mol. The van der Waals surface area contributed by atoms with Gasteiger partial charge in [0.25, 0.3) is 5.89 Å². The Kier molecular flexibility index (Phi) is 2.70. The molecule has 1 aliphatic rings. The number of benzene rings is 1. The molecule has 1 saturated carbocycles. The first-order valence-electron chi connectivity index (χ1n) is 6.88. The van der Waals surface area contributed by atoms with Gasteiger partial charge in [0.1, 0.15) is 6.54 Å². The Morgan fingerprint density at radius 1 is 1.24 bits per heavy atom. The molecule has 0 unspecified atom stereocenters. The van der Waals surface area contributed by atoms with Crippen LogP contribution >= 0.6 is 0 Å². The van der Waals surface area contributed by atoms with Crippen molar-refractivity contribution in [1.29, 1.82) is 0 Å². The molecule has 7 heteroatoms. The molecule has 0 atom stereocenters. The molecule has 1 aliphatic carbocycles. The fourth-order valence-corrected chi connectivity index (χ4v) is 2.38. The van der Waals surface area contributed by atoms with Crippen LogP contribution in [0.15, 0.2) is 34.9 Å². The Morgan fingerprint density at radius 3 is 2.81 bits per heavy atom. The third-order valence-electron chi connectivity index (χ3n) is 3.55. The molecule has 1 aromatic carbocycles. The molecular formula is C14H14N6O. The predicted octanol–water partition coefficient (Wildman–Crippen LogP) is 1.84. The van der Waals surface area contributed by atoms with Crippen LogP contribution in [0.2, 0.25) is 0 Å². The van der Waals surface area contributed by atoms with E-state index < -0.39 is 0 Å². The van der Waals surface area contributed by atoms with Crippen LogP contribution in [0.1, 0.15) is 30.3 Å². The molecule has 0 amide bonds. The second-order valence-corrected chi connectivity index (χ2v) is 5.17. The third-order valence-corrected chi connectivity index (χ3v) is 3.55. The Labute approximate surface area is 120 Å². The Balaban J connectivity index is 1.60. The number of rotatable bonds is 4. The van der Waals surface area contributed by atoms with Crippen LogP contribution in [-0.2, 0) is 6.54 Å². The minimum absolute atomic E-state index is 0.423. The van der Waals surface area contributed by atoms with Gasteiger partial charge in [0.2, 0.25) is 0 Å². The normalized spacial score (nSPS) is 14.5. The third kappa shape index (κ3) is 2.26. The number of nitrogens with two attached hydrogens (primary N) is 1. The van der Waals surface area contributed by atoms with E-state index in [9.17, 15) is 0 Å². The van der Waals surface area contributed by atoms with Crippen molar-refractivity contribution >= 4 is 5.82 Å². The van der Waals surface area contributed by atoms with Crippen LogP contribution in [0.25, 0.3) is 11.5 Å². The molecule has 2 N–H and O–H groups in total. The summed E-state index contributed by atoms with van der Waals surface area (Å²) in [5, 5.41) is 12.0. The summed E-state index contributed by atoms with van der Waals surface area (Å²) in [4.78, 5) is 4.40. The second kappa shape index (κ2) is 4.69. The van der Waals surface area contributed by atoms with Crippen LogP contribution in [0, 0.1) is 0 Å². The zero-order valence-electron chi connectivity index (χ0n) is 11.3. The Hall–Kier alpha value is -2.70. The summed E-state index contributed by atoms with van der Waals surface area (Å²) in [5.74, 6) is 2.05. The predicted molar refractivity (Wildman–Crippen MR) is 75.2 cm³/mol. The molecule has 0 radical (unpaired) electrons. The molecule has 0 spiro atoms. The maximum atomic E-state index is 5.87. The number of hydrogen-bond acceptors (Lipinski definition) is 6. The zero-order chi connectivity index (χ0) is 14.2. The molecule has 106 valence electrons. The van der Waals surface area contributed by atoms with Crippen molar-refractivity contribution < 1.29 is 4.52 Å². The van der Waals surface area contributed by atoms with Crippen molar-refractivity contribution in [1.82, 2.24) is 25.1 Å². The summed E-state index contributed by atoms with van der Waals surface area (Å²) in [5.41, 5.74) is 7.76. The van der Waals surface area contributed by atoms with Gasteiger partial charge in [-0.2, -0.15) is 4.98 Å². The number of anilines is 1. The Morgan fingerprint density at radius 2 is 2.05 bits per heavy atom. The van der Waals surface area contributed by atoms with Crippen molar-refractivity contribution in [2.75, 3.05) is 5.73 Å². The molecular weight excluding hydrogens is 268 g/mol. The van der Waals surface area contributed by atoms with Crippen molar-refractivity contribution in [3.63, 3.8) is 0 Å². The molecule has 0 aliphatic heterocycles. The zero-order valence-corrected chi connectivity index (χ0v) is 11.3. The largest absolute Gasteiger partial charge is 0.381 e. The summed E-state index contributed by atoms with van der Waals surface area (Å²) >= 11 is 0. The molecule has 0 saturated heterocycles. The van der Waals surface area contributed by atoms with Gasteiger partial charge < -0.3 is 10.3 Å². The van der Waals surface area contributed by atoms with Gasteiger partial charge in [-0.25, -0.2) is 4.68 Å². The second-order valence-electron chi connectivity index (χ2n) is 5.17. The molecule has 2 heterocycles. The van der Waals surface area contributed by atoms with E-state index in [4.69, 9.17) is 10.3 Å². The van der Waals surface area contributed by atoms with Gasteiger partial charge in [0.15, 0.2) is 11.6 Å². The summed E-state index contributed by atoms with van der Waals surface area (Å²) < 4.78 is 7.06. The molecule has 2 aromatic heterocycles. The highest BCUT2D eigenvalue weighted by Crippen LogP contribution is 2.42. The minimum Gasteiger partial charge on any atom is -0.381 e.